The summed E-state index contributed by atoms with van der Waals surface area (Å²) in [6.45, 7) is 10.3. The first-order valence-corrected chi connectivity index (χ1v) is 8.47. The Morgan fingerprint density at radius 1 is 1.35 bits per heavy atom. The van der Waals surface area contributed by atoms with E-state index >= 15 is 0 Å². The van der Waals surface area contributed by atoms with E-state index < -0.39 is 11.4 Å². The molecule has 0 aliphatic heterocycles. The van der Waals surface area contributed by atoms with Crippen molar-refractivity contribution in [3.05, 3.63) is 36.0 Å². The van der Waals surface area contributed by atoms with Crippen molar-refractivity contribution in [2.75, 3.05) is 0 Å². The molecule has 4 atom stereocenters. The largest absolute Gasteiger partial charge is 0.481 e. The van der Waals surface area contributed by atoms with Crippen molar-refractivity contribution < 1.29 is 14.7 Å². The number of hydrogen-bond acceptors (Lipinski definition) is 2. The predicted octanol–water partition coefficient (Wildman–Crippen LogP) is 4.55. The molecule has 3 heteroatoms. The third kappa shape index (κ3) is 3.06. The van der Waals surface area contributed by atoms with Crippen molar-refractivity contribution in [2.45, 2.75) is 52.9 Å². The summed E-state index contributed by atoms with van der Waals surface area (Å²) < 4.78 is 0. The van der Waals surface area contributed by atoms with Crippen LogP contribution in [-0.4, -0.2) is 17.4 Å². The molecule has 0 spiro atoms. The summed E-state index contributed by atoms with van der Waals surface area (Å²) in [6.07, 6.45) is 11.0. The lowest BCUT2D eigenvalue weighted by Crippen LogP contribution is -2.53. The Hall–Kier alpha value is -1.64. The molecule has 0 amide bonds. The lowest BCUT2D eigenvalue weighted by Gasteiger charge is -2.56. The Morgan fingerprint density at radius 2 is 2.04 bits per heavy atom. The molecule has 1 N–H and O–H groups in total. The molecule has 2 aliphatic carbocycles. The molecule has 126 valence electrons. The van der Waals surface area contributed by atoms with E-state index in [4.69, 9.17) is 0 Å². The maximum Gasteiger partial charge on any atom is 0.309 e. The molecule has 0 aromatic rings. The Morgan fingerprint density at radius 3 is 2.65 bits per heavy atom. The summed E-state index contributed by atoms with van der Waals surface area (Å²) in [5.41, 5.74) is 1.38. The number of rotatable bonds is 4. The maximum absolute atomic E-state index is 11.9. The molecule has 2 aliphatic rings. The van der Waals surface area contributed by atoms with Gasteiger partial charge in [-0.25, -0.2) is 0 Å². The molecule has 2 unspecified atom stereocenters. The Balaban J connectivity index is 2.39. The average molecular weight is 316 g/mol. The topological polar surface area (TPSA) is 54.4 Å². The Kier molecular flexibility index (Phi) is 4.98. The van der Waals surface area contributed by atoms with Gasteiger partial charge >= 0.3 is 5.97 Å². The summed E-state index contributed by atoms with van der Waals surface area (Å²) in [5.74, 6) is -0.326. The van der Waals surface area contributed by atoms with Crippen LogP contribution in [0.5, 0.6) is 0 Å². The van der Waals surface area contributed by atoms with Gasteiger partial charge < -0.3 is 5.11 Å². The smallest absolute Gasteiger partial charge is 0.309 e. The van der Waals surface area contributed by atoms with Gasteiger partial charge in [0.05, 0.1) is 5.41 Å². The molecule has 23 heavy (non-hydrogen) atoms. The Labute approximate surface area is 139 Å². The highest BCUT2D eigenvalue weighted by Crippen LogP contribution is 2.61. The number of fused-ring (bicyclic) bond motifs is 1. The summed E-state index contributed by atoms with van der Waals surface area (Å²) in [4.78, 5) is 22.5. The number of carboxylic acid groups (broad SMARTS) is 1. The molecular formula is C20H28O3. The molecule has 2 rings (SSSR count). The molecular weight excluding hydrogens is 288 g/mol. The molecule has 0 bridgehead atoms. The van der Waals surface area contributed by atoms with Crippen LogP contribution in [0.2, 0.25) is 0 Å². The van der Waals surface area contributed by atoms with Gasteiger partial charge in [-0.1, -0.05) is 37.6 Å². The number of aliphatic carboxylic acids is 1. The molecule has 2 saturated carbocycles. The van der Waals surface area contributed by atoms with E-state index in [0.29, 0.717) is 0 Å². The number of aldehydes is 1. The third-order valence-electron chi connectivity index (χ3n) is 6.25. The van der Waals surface area contributed by atoms with Gasteiger partial charge in [-0.15, -0.1) is 0 Å². The first-order chi connectivity index (χ1) is 10.8. The second kappa shape index (κ2) is 6.46. The van der Waals surface area contributed by atoms with E-state index in [2.05, 4.69) is 19.6 Å². The van der Waals surface area contributed by atoms with Gasteiger partial charge in [0.1, 0.15) is 6.29 Å². The van der Waals surface area contributed by atoms with E-state index in [1.807, 2.05) is 19.9 Å². The minimum absolute atomic E-state index is 0.0708. The van der Waals surface area contributed by atoms with Crippen molar-refractivity contribution >= 4 is 12.3 Å². The normalized spacial score (nSPS) is 38.4. The SMILES string of the molecule is C=C1CCC2[C@](C)(CCC[C@]2(C)C(=O)O)C1/C=C\C(C)=C/C=O. The van der Waals surface area contributed by atoms with Gasteiger partial charge in [0.25, 0.3) is 0 Å². The number of carboxylic acids is 1. The van der Waals surface area contributed by atoms with Crippen LogP contribution in [0.15, 0.2) is 36.0 Å². The van der Waals surface area contributed by atoms with E-state index in [0.717, 1.165) is 44.0 Å². The molecule has 2 fully saturated rings. The molecule has 3 nitrogen and oxygen atoms in total. The van der Waals surface area contributed by atoms with Gasteiger partial charge in [0.2, 0.25) is 0 Å². The zero-order chi connectivity index (χ0) is 17.3. The van der Waals surface area contributed by atoms with Crippen LogP contribution in [-0.2, 0) is 9.59 Å². The van der Waals surface area contributed by atoms with Gasteiger partial charge in [0.15, 0.2) is 0 Å². The van der Waals surface area contributed by atoms with Crippen molar-refractivity contribution in [3.63, 3.8) is 0 Å². The number of carbonyl (C=O) groups excluding carboxylic acids is 1. The van der Waals surface area contributed by atoms with Crippen LogP contribution in [0.3, 0.4) is 0 Å². The highest BCUT2D eigenvalue weighted by atomic mass is 16.4. The molecule has 0 aromatic heterocycles. The van der Waals surface area contributed by atoms with Gasteiger partial charge in [-0.05, 0) is 62.5 Å². The maximum atomic E-state index is 11.9. The lowest BCUT2D eigenvalue weighted by atomic mass is 9.47. The number of allylic oxidation sites excluding steroid dienone is 5. The van der Waals surface area contributed by atoms with Crippen LogP contribution in [0, 0.1) is 22.7 Å². The predicted molar refractivity (Wildman–Crippen MR) is 92.0 cm³/mol. The zero-order valence-electron chi connectivity index (χ0n) is 14.5. The van der Waals surface area contributed by atoms with Crippen molar-refractivity contribution in [2.24, 2.45) is 22.7 Å². The highest BCUT2D eigenvalue weighted by molar-refractivity contribution is 5.75. The Bertz CT molecular complexity index is 571. The summed E-state index contributed by atoms with van der Waals surface area (Å²) in [7, 11) is 0. The second-order valence-electron chi connectivity index (χ2n) is 7.72. The fraction of sp³-hybridized carbons (Fsp3) is 0.600. The first-order valence-electron chi connectivity index (χ1n) is 8.47. The van der Waals surface area contributed by atoms with Crippen LogP contribution < -0.4 is 0 Å². The average Bonchev–Trinajstić information content (AvgIpc) is 2.46. The molecule has 0 saturated heterocycles. The molecule has 0 radical (unpaired) electrons. The number of carbonyl (C=O) groups is 2. The first kappa shape index (κ1) is 17.7. The van der Waals surface area contributed by atoms with E-state index in [1.54, 1.807) is 6.08 Å². The van der Waals surface area contributed by atoms with Crippen LogP contribution >= 0.6 is 0 Å². The monoisotopic (exact) mass is 316 g/mol. The summed E-state index contributed by atoms with van der Waals surface area (Å²) in [6, 6.07) is 0. The van der Waals surface area contributed by atoms with Crippen LogP contribution in [0.25, 0.3) is 0 Å². The summed E-state index contributed by atoms with van der Waals surface area (Å²) in [5, 5.41) is 9.80. The van der Waals surface area contributed by atoms with Crippen molar-refractivity contribution in [1.29, 1.82) is 0 Å². The van der Waals surface area contributed by atoms with Crippen molar-refractivity contribution in [3.8, 4) is 0 Å². The van der Waals surface area contributed by atoms with E-state index in [1.165, 1.54) is 5.57 Å². The fourth-order valence-corrected chi connectivity index (χ4v) is 4.91. The van der Waals surface area contributed by atoms with Gasteiger partial charge in [-0.3, -0.25) is 9.59 Å². The second-order valence-corrected chi connectivity index (χ2v) is 7.72. The summed E-state index contributed by atoms with van der Waals surface area (Å²) >= 11 is 0. The minimum Gasteiger partial charge on any atom is -0.481 e. The quantitative estimate of drug-likeness (QED) is 0.358. The van der Waals surface area contributed by atoms with Crippen LogP contribution in [0.4, 0.5) is 0 Å². The van der Waals surface area contributed by atoms with E-state index in [-0.39, 0.29) is 17.3 Å². The van der Waals surface area contributed by atoms with Crippen LogP contribution in [0.1, 0.15) is 52.9 Å². The minimum atomic E-state index is -0.666. The zero-order valence-corrected chi connectivity index (χ0v) is 14.5. The molecule has 0 aromatic carbocycles. The standard InChI is InChI=1S/C20H28O3/c1-14(10-13-21)6-8-16-15(2)7-9-17-19(16,3)11-5-12-20(17,4)18(22)23/h6,8,10,13,16-17H,2,5,7,9,11-12H2,1,3-4H3,(H,22,23)/b8-6-,14-10-/t16?,17?,19-,20+/m1/s1. The van der Waals surface area contributed by atoms with Crippen molar-refractivity contribution in [1.82, 2.24) is 0 Å². The lowest BCUT2D eigenvalue weighted by molar-refractivity contribution is -0.162. The van der Waals surface area contributed by atoms with E-state index in [9.17, 15) is 14.7 Å². The van der Waals surface area contributed by atoms with Gasteiger partial charge in [-0.2, -0.15) is 0 Å². The molecule has 0 heterocycles. The van der Waals surface area contributed by atoms with Gasteiger partial charge in [0, 0.05) is 5.92 Å². The fourth-order valence-electron chi connectivity index (χ4n) is 4.91. The third-order valence-corrected chi connectivity index (χ3v) is 6.25. The number of hydrogen-bond donors (Lipinski definition) is 1. The highest BCUT2D eigenvalue weighted by Gasteiger charge is 2.56.